The second kappa shape index (κ2) is 3.29. The molecule has 0 saturated carbocycles. The van der Waals surface area contributed by atoms with Gasteiger partial charge in [0.15, 0.2) is 5.84 Å². The second-order valence-corrected chi connectivity index (χ2v) is 4.39. The number of para-hydroxylation sites is 1. The van der Waals surface area contributed by atoms with E-state index in [1.165, 1.54) is 5.01 Å². The van der Waals surface area contributed by atoms with E-state index in [0.29, 0.717) is 5.84 Å². The molecule has 0 fully saturated rings. The van der Waals surface area contributed by atoms with Crippen molar-refractivity contribution in [2.75, 3.05) is 5.32 Å². The van der Waals surface area contributed by atoms with Crippen LogP contribution in [0.1, 0.15) is 12.5 Å². The molecule has 3 rings (SSSR count). The summed E-state index contributed by atoms with van der Waals surface area (Å²) in [6.45, 7) is 1.91. The van der Waals surface area contributed by atoms with Gasteiger partial charge in [-0.3, -0.25) is 0 Å². The van der Waals surface area contributed by atoms with Gasteiger partial charge in [0.2, 0.25) is 0 Å². The lowest BCUT2D eigenvalue weighted by Gasteiger charge is -2.29. The number of carbonyl (C=O) groups is 1. The lowest BCUT2D eigenvalue weighted by Crippen LogP contribution is -2.48. The molecule has 2 amide bonds. The molecule has 16 heavy (non-hydrogen) atoms. The van der Waals surface area contributed by atoms with Gasteiger partial charge in [-0.15, -0.1) is 4.03 Å². The zero-order valence-electron chi connectivity index (χ0n) is 8.51. The standard InChI is InChI=1S/C10H9BrN4O/c1-6-12-9-7-4-2-3-5-8(7)13-10(16)14(9)15(6)11/h2-6H,1H3,(H,13,16). The summed E-state index contributed by atoms with van der Waals surface area (Å²) in [6, 6.07) is 7.44. The smallest absolute Gasteiger partial charge is 0.306 e. The van der Waals surface area contributed by atoms with Crippen molar-refractivity contribution in [3.63, 3.8) is 0 Å². The lowest BCUT2D eigenvalue weighted by molar-refractivity contribution is 0.172. The third-order valence-electron chi connectivity index (χ3n) is 2.61. The quantitative estimate of drug-likeness (QED) is 0.741. The highest BCUT2D eigenvalue weighted by Gasteiger charge is 2.39. The van der Waals surface area contributed by atoms with Gasteiger partial charge in [-0.25, -0.2) is 9.79 Å². The number of hydrazine groups is 1. The lowest BCUT2D eigenvalue weighted by atomic mass is 10.1. The van der Waals surface area contributed by atoms with Crippen LogP contribution in [0.15, 0.2) is 29.3 Å². The molecule has 0 bridgehead atoms. The predicted octanol–water partition coefficient (Wildman–Crippen LogP) is 2.17. The Morgan fingerprint density at radius 2 is 2.19 bits per heavy atom. The Bertz CT molecular complexity index is 501. The van der Waals surface area contributed by atoms with E-state index in [9.17, 15) is 4.79 Å². The summed E-state index contributed by atoms with van der Waals surface area (Å²) in [5, 5.41) is 4.31. The van der Waals surface area contributed by atoms with E-state index in [2.05, 4.69) is 26.5 Å². The van der Waals surface area contributed by atoms with E-state index in [1.807, 2.05) is 31.2 Å². The minimum Gasteiger partial charge on any atom is -0.306 e. The number of fused-ring (bicyclic) bond motifs is 3. The van der Waals surface area contributed by atoms with E-state index in [-0.39, 0.29) is 12.2 Å². The molecule has 0 saturated heterocycles. The fourth-order valence-electron chi connectivity index (χ4n) is 1.86. The molecule has 0 radical (unpaired) electrons. The molecule has 2 aliphatic heterocycles. The number of amidine groups is 1. The van der Waals surface area contributed by atoms with Crippen LogP contribution in [0.4, 0.5) is 10.5 Å². The Balaban J connectivity index is 2.17. The molecule has 6 heteroatoms. The molecule has 5 nitrogen and oxygen atoms in total. The monoisotopic (exact) mass is 280 g/mol. The first-order chi connectivity index (χ1) is 7.68. The molecule has 1 aromatic rings. The molecule has 2 aliphatic rings. The molecule has 82 valence electrons. The van der Waals surface area contributed by atoms with Gasteiger partial charge in [-0.1, -0.05) is 12.1 Å². The number of urea groups is 1. The molecule has 0 spiro atoms. The predicted molar refractivity (Wildman–Crippen MR) is 64.1 cm³/mol. The number of aliphatic imine (C=N–C) groups is 1. The van der Waals surface area contributed by atoms with Gasteiger partial charge in [0.1, 0.15) is 6.17 Å². The summed E-state index contributed by atoms with van der Waals surface area (Å²) < 4.78 is 1.63. The molecule has 1 unspecified atom stereocenters. The average Bonchev–Trinajstić information content (AvgIpc) is 2.57. The SMILES string of the molecule is CC1N=C2c3ccccc3NC(=O)N2N1Br. The maximum Gasteiger partial charge on any atom is 0.343 e. The Labute approximate surface area is 101 Å². The van der Waals surface area contributed by atoms with Crippen molar-refractivity contribution in [1.82, 2.24) is 9.04 Å². The van der Waals surface area contributed by atoms with Gasteiger partial charge in [-0.05, 0) is 19.1 Å². The van der Waals surface area contributed by atoms with Crippen molar-refractivity contribution in [1.29, 1.82) is 0 Å². The van der Waals surface area contributed by atoms with Gasteiger partial charge in [-0.2, -0.15) is 5.01 Å². The number of nitrogens with one attached hydrogen (secondary N) is 1. The average molecular weight is 281 g/mol. The van der Waals surface area contributed by atoms with Gasteiger partial charge in [0.05, 0.1) is 5.69 Å². The molecular weight excluding hydrogens is 272 g/mol. The maximum atomic E-state index is 11.9. The highest BCUT2D eigenvalue weighted by molar-refractivity contribution is 9.07. The van der Waals surface area contributed by atoms with Crippen LogP contribution in [0.5, 0.6) is 0 Å². The fraction of sp³-hybridized carbons (Fsp3) is 0.200. The van der Waals surface area contributed by atoms with Gasteiger partial charge in [0.25, 0.3) is 0 Å². The number of hydrogen-bond acceptors (Lipinski definition) is 3. The first-order valence-corrected chi connectivity index (χ1v) is 5.62. The van der Waals surface area contributed by atoms with Crippen LogP contribution < -0.4 is 5.32 Å². The van der Waals surface area contributed by atoms with Crippen molar-refractivity contribution in [2.24, 2.45) is 4.99 Å². The first-order valence-electron chi connectivity index (χ1n) is 4.92. The van der Waals surface area contributed by atoms with Crippen LogP contribution in [0.3, 0.4) is 0 Å². The molecule has 1 N–H and O–H groups in total. The number of nitrogens with zero attached hydrogens (tertiary/aromatic N) is 3. The van der Waals surface area contributed by atoms with Crippen LogP contribution in [-0.4, -0.2) is 27.1 Å². The summed E-state index contributed by atoms with van der Waals surface area (Å²) in [5.41, 5.74) is 1.74. The molecule has 1 aromatic carbocycles. The number of halogens is 1. The summed E-state index contributed by atoms with van der Waals surface area (Å²) in [6.07, 6.45) is -0.0908. The molecule has 0 aliphatic carbocycles. The van der Waals surface area contributed by atoms with Crippen LogP contribution in [0.2, 0.25) is 0 Å². The van der Waals surface area contributed by atoms with Gasteiger partial charge < -0.3 is 5.32 Å². The largest absolute Gasteiger partial charge is 0.343 e. The van der Waals surface area contributed by atoms with Crippen molar-refractivity contribution < 1.29 is 4.79 Å². The fourth-order valence-corrected chi connectivity index (χ4v) is 2.24. The number of rotatable bonds is 0. The minimum absolute atomic E-state index is 0.0908. The zero-order chi connectivity index (χ0) is 11.3. The number of carbonyl (C=O) groups excluding carboxylic acids is 1. The second-order valence-electron chi connectivity index (χ2n) is 3.66. The number of anilines is 1. The van der Waals surface area contributed by atoms with Crippen LogP contribution in [-0.2, 0) is 0 Å². The first kappa shape index (κ1) is 9.80. The molecular formula is C10H9BrN4O. The van der Waals surface area contributed by atoms with Crippen molar-refractivity contribution >= 4 is 33.7 Å². The van der Waals surface area contributed by atoms with E-state index in [0.717, 1.165) is 11.3 Å². The Hall–Kier alpha value is -1.40. The third kappa shape index (κ3) is 1.20. The topological polar surface area (TPSA) is 47.9 Å². The summed E-state index contributed by atoms with van der Waals surface area (Å²) >= 11 is 3.32. The van der Waals surface area contributed by atoms with Crippen LogP contribution in [0.25, 0.3) is 0 Å². The Kier molecular flexibility index (Phi) is 2.02. The van der Waals surface area contributed by atoms with E-state index < -0.39 is 0 Å². The molecule has 2 heterocycles. The van der Waals surface area contributed by atoms with Crippen LogP contribution >= 0.6 is 16.1 Å². The summed E-state index contributed by atoms with van der Waals surface area (Å²) in [7, 11) is 0. The number of hydrogen-bond donors (Lipinski definition) is 1. The zero-order valence-corrected chi connectivity index (χ0v) is 10.1. The minimum atomic E-state index is -0.196. The highest BCUT2D eigenvalue weighted by Crippen LogP contribution is 2.31. The van der Waals surface area contributed by atoms with Gasteiger partial charge in [0, 0.05) is 21.7 Å². The maximum absolute atomic E-state index is 11.9. The normalized spacial score (nSPS) is 23.6. The Morgan fingerprint density at radius 3 is 3.00 bits per heavy atom. The van der Waals surface area contributed by atoms with E-state index in [4.69, 9.17) is 0 Å². The molecule has 0 aromatic heterocycles. The van der Waals surface area contributed by atoms with Crippen molar-refractivity contribution in [3.05, 3.63) is 29.8 Å². The third-order valence-corrected chi connectivity index (χ3v) is 3.52. The number of amides is 2. The van der Waals surface area contributed by atoms with Gasteiger partial charge >= 0.3 is 6.03 Å². The Morgan fingerprint density at radius 1 is 1.44 bits per heavy atom. The number of benzene rings is 1. The van der Waals surface area contributed by atoms with Crippen molar-refractivity contribution in [3.8, 4) is 0 Å². The summed E-state index contributed by atoms with van der Waals surface area (Å²) in [5.74, 6) is 0.684. The summed E-state index contributed by atoms with van der Waals surface area (Å²) in [4.78, 5) is 16.3. The van der Waals surface area contributed by atoms with Crippen LogP contribution in [0, 0.1) is 0 Å². The highest BCUT2D eigenvalue weighted by atomic mass is 79.9. The van der Waals surface area contributed by atoms with E-state index >= 15 is 0 Å². The molecule has 1 atom stereocenters. The van der Waals surface area contributed by atoms with Crippen molar-refractivity contribution in [2.45, 2.75) is 13.1 Å². The van der Waals surface area contributed by atoms with E-state index in [1.54, 1.807) is 4.03 Å².